The number of hydrogen-bond donors (Lipinski definition) is 0. The molecule has 2 aromatic rings. The highest BCUT2D eigenvalue weighted by atomic mass is 32.2. The molecule has 0 spiro atoms. The van der Waals surface area contributed by atoms with Crippen LogP contribution in [0.4, 0.5) is 0 Å². The summed E-state index contributed by atoms with van der Waals surface area (Å²) in [6, 6.07) is 10.9. The van der Waals surface area contributed by atoms with Gasteiger partial charge >= 0.3 is 0 Å². The van der Waals surface area contributed by atoms with Crippen molar-refractivity contribution < 1.29 is 4.79 Å². The fourth-order valence-corrected chi connectivity index (χ4v) is 4.18. The molecule has 25 heavy (non-hydrogen) atoms. The van der Waals surface area contributed by atoms with Gasteiger partial charge in [-0.2, -0.15) is 0 Å². The molecule has 1 saturated carbocycles. The van der Waals surface area contributed by atoms with Crippen molar-refractivity contribution in [3.8, 4) is 0 Å². The zero-order chi connectivity index (χ0) is 17.2. The molecule has 2 heterocycles. The third kappa shape index (κ3) is 3.63. The number of hydrogen-bond acceptors (Lipinski definition) is 4. The highest BCUT2D eigenvalue weighted by Crippen LogP contribution is 2.38. The summed E-state index contributed by atoms with van der Waals surface area (Å²) < 4.78 is 2.18. The summed E-state index contributed by atoms with van der Waals surface area (Å²) in [5.74, 6) is 1.56. The molecule has 1 aromatic heterocycles. The van der Waals surface area contributed by atoms with Crippen LogP contribution in [0, 0.1) is 6.92 Å². The number of amides is 1. The highest BCUT2D eigenvalue weighted by Gasteiger charge is 2.29. The second-order valence-electron chi connectivity index (χ2n) is 6.60. The smallest absolute Gasteiger partial charge is 0.233 e. The molecule has 0 N–H and O–H groups in total. The summed E-state index contributed by atoms with van der Waals surface area (Å²) in [5.41, 5.74) is 2.60. The molecule has 1 amide bonds. The minimum absolute atomic E-state index is 0.177. The van der Waals surface area contributed by atoms with Crippen molar-refractivity contribution in [2.45, 2.75) is 37.4 Å². The lowest BCUT2D eigenvalue weighted by Gasteiger charge is -2.26. The van der Waals surface area contributed by atoms with Crippen LogP contribution in [0.3, 0.4) is 0 Å². The number of nitrogens with zero attached hydrogens (tertiary/aromatic N) is 4. The van der Waals surface area contributed by atoms with E-state index < -0.39 is 0 Å². The van der Waals surface area contributed by atoms with Gasteiger partial charge in [-0.25, -0.2) is 0 Å². The topological polar surface area (TPSA) is 51.0 Å². The number of rotatable bonds is 5. The van der Waals surface area contributed by atoms with Crippen LogP contribution in [0.2, 0.25) is 0 Å². The molecule has 5 nitrogen and oxygen atoms in total. The number of carbonyl (C=O) groups excluding carboxylic acids is 1. The van der Waals surface area contributed by atoms with Crippen LogP contribution in [0.5, 0.6) is 0 Å². The normalized spacial score (nSPS) is 17.5. The van der Waals surface area contributed by atoms with E-state index in [0.717, 1.165) is 23.9 Å². The average molecular weight is 354 g/mol. The molecule has 1 fully saturated rings. The van der Waals surface area contributed by atoms with Crippen LogP contribution in [-0.4, -0.2) is 44.4 Å². The summed E-state index contributed by atoms with van der Waals surface area (Å²) in [5, 5.41) is 9.29. The summed E-state index contributed by atoms with van der Waals surface area (Å²) in [4.78, 5) is 14.5. The van der Waals surface area contributed by atoms with Gasteiger partial charge in [-0.05, 0) is 37.3 Å². The van der Waals surface area contributed by atoms with Gasteiger partial charge in [0.1, 0.15) is 5.82 Å². The maximum atomic E-state index is 12.5. The van der Waals surface area contributed by atoms with E-state index in [0.29, 0.717) is 18.3 Å². The molecule has 0 bridgehead atoms. The Hall–Kier alpha value is -2.08. The maximum Gasteiger partial charge on any atom is 0.233 e. The van der Waals surface area contributed by atoms with Gasteiger partial charge < -0.3 is 9.47 Å². The SMILES string of the molecule is Cc1nnc(SCC(=O)N2CC=C(c3ccccc3)CC2)n1C1CC1. The largest absolute Gasteiger partial charge is 0.338 e. The minimum Gasteiger partial charge on any atom is -0.338 e. The van der Waals surface area contributed by atoms with Crippen molar-refractivity contribution in [3.05, 3.63) is 47.8 Å². The molecule has 2 aliphatic rings. The van der Waals surface area contributed by atoms with Crippen LogP contribution in [0.15, 0.2) is 41.6 Å². The van der Waals surface area contributed by atoms with Crippen LogP contribution in [0.25, 0.3) is 5.57 Å². The standard InChI is InChI=1S/C19H22N4OS/c1-14-20-21-19(23(14)17-7-8-17)25-13-18(24)22-11-9-16(10-12-22)15-5-3-2-4-6-15/h2-6,9,17H,7-8,10-13H2,1H3. The van der Waals surface area contributed by atoms with Crippen molar-refractivity contribution in [1.29, 1.82) is 0 Å². The Morgan fingerprint density at radius 1 is 1.24 bits per heavy atom. The Morgan fingerprint density at radius 3 is 2.72 bits per heavy atom. The van der Waals surface area contributed by atoms with Gasteiger partial charge in [0.2, 0.25) is 5.91 Å². The first kappa shape index (κ1) is 16.4. The van der Waals surface area contributed by atoms with E-state index in [1.54, 1.807) is 0 Å². The molecular formula is C19H22N4OS. The Balaban J connectivity index is 1.34. The molecule has 6 heteroatoms. The first-order chi connectivity index (χ1) is 12.2. The molecule has 0 radical (unpaired) electrons. The van der Waals surface area contributed by atoms with Crippen LogP contribution < -0.4 is 0 Å². The second kappa shape index (κ2) is 7.04. The van der Waals surface area contributed by atoms with E-state index in [1.807, 2.05) is 17.9 Å². The Labute approximate surface area is 152 Å². The first-order valence-electron chi connectivity index (χ1n) is 8.79. The van der Waals surface area contributed by atoms with Gasteiger partial charge in [0.05, 0.1) is 5.75 Å². The monoisotopic (exact) mass is 354 g/mol. The van der Waals surface area contributed by atoms with E-state index in [4.69, 9.17) is 0 Å². The first-order valence-corrected chi connectivity index (χ1v) is 9.77. The highest BCUT2D eigenvalue weighted by molar-refractivity contribution is 7.99. The summed E-state index contributed by atoms with van der Waals surface area (Å²) >= 11 is 1.51. The molecular weight excluding hydrogens is 332 g/mol. The number of thioether (sulfide) groups is 1. The van der Waals surface area contributed by atoms with E-state index in [1.165, 1.54) is 35.7 Å². The summed E-state index contributed by atoms with van der Waals surface area (Å²) in [7, 11) is 0. The van der Waals surface area contributed by atoms with E-state index in [9.17, 15) is 4.79 Å². The number of carbonyl (C=O) groups is 1. The zero-order valence-electron chi connectivity index (χ0n) is 14.4. The Bertz CT molecular complexity index is 795. The lowest BCUT2D eigenvalue weighted by Crippen LogP contribution is -2.35. The lowest BCUT2D eigenvalue weighted by atomic mass is 10.00. The molecule has 4 rings (SSSR count). The molecule has 1 aliphatic carbocycles. The van der Waals surface area contributed by atoms with Gasteiger partial charge in [-0.15, -0.1) is 10.2 Å². The number of aryl methyl sites for hydroxylation is 1. The van der Waals surface area contributed by atoms with Gasteiger partial charge in [0, 0.05) is 19.1 Å². The predicted molar refractivity (Wildman–Crippen MR) is 99.4 cm³/mol. The van der Waals surface area contributed by atoms with Crippen molar-refractivity contribution in [2.24, 2.45) is 0 Å². The maximum absolute atomic E-state index is 12.5. The van der Waals surface area contributed by atoms with Gasteiger partial charge in [-0.3, -0.25) is 4.79 Å². The lowest BCUT2D eigenvalue weighted by molar-refractivity contribution is -0.127. The van der Waals surface area contributed by atoms with Crippen molar-refractivity contribution in [2.75, 3.05) is 18.8 Å². The third-order valence-corrected chi connectivity index (χ3v) is 5.71. The van der Waals surface area contributed by atoms with E-state index >= 15 is 0 Å². The van der Waals surface area contributed by atoms with Crippen LogP contribution in [-0.2, 0) is 4.79 Å². The number of benzene rings is 1. The molecule has 0 saturated heterocycles. The van der Waals surface area contributed by atoms with Crippen molar-refractivity contribution in [1.82, 2.24) is 19.7 Å². The molecule has 1 aliphatic heterocycles. The van der Waals surface area contributed by atoms with Gasteiger partial charge in [0.15, 0.2) is 5.16 Å². The average Bonchev–Trinajstić information content (AvgIpc) is 3.43. The minimum atomic E-state index is 0.177. The van der Waals surface area contributed by atoms with Crippen molar-refractivity contribution in [3.63, 3.8) is 0 Å². The molecule has 1 aromatic carbocycles. The molecule has 0 unspecified atom stereocenters. The molecule has 0 atom stereocenters. The fraction of sp³-hybridized carbons (Fsp3) is 0.421. The predicted octanol–water partition coefficient (Wildman–Crippen LogP) is 3.33. The Kier molecular flexibility index (Phi) is 4.61. The third-order valence-electron chi connectivity index (χ3n) is 4.78. The van der Waals surface area contributed by atoms with E-state index in [2.05, 4.69) is 45.1 Å². The van der Waals surface area contributed by atoms with Gasteiger partial charge in [0.25, 0.3) is 0 Å². The quantitative estimate of drug-likeness (QED) is 0.773. The second-order valence-corrected chi connectivity index (χ2v) is 7.55. The molecule has 130 valence electrons. The van der Waals surface area contributed by atoms with E-state index in [-0.39, 0.29) is 5.91 Å². The Morgan fingerprint density at radius 2 is 2.04 bits per heavy atom. The van der Waals surface area contributed by atoms with Crippen LogP contribution >= 0.6 is 11.8 Å². The van der Waals surface area contributed by atoms with Crippen LogP contribution in [0.1, 0.15) is 36.7 Å². The van der Waals surface area contributed by atoms with Crippen molar-refractivity contribution >= 4 is 23.2 Å². The van der Waals surface area contributed by atoms with Gasteiger partial charge in [-0.1, -0.05) is 48.2 Å². The summed E-state index contributed by atoms with van der Waals surface area (Å²) in [6.07, 6.45) is 5.48. The number of aromatic nitrogens is 3. The fourth-order valence-electron chi connectivity index (χ4n) is 3.23. The summed E-state index contributed by atoms with van der Waals surface area (Å²) in [6.45, 7) is 3.46. The zero-order valence-corrected chi connectivity index (χ0v) is 15.2.